The number of fused-ring (bicyclic) bond motifs is 9. The molecule has 0 N–H and O–H groups in total. The topological polar surface area (TPSA) is 3.24 Å². The fraction of sp³-hybridized carbons (Fsp3) is 0.143. The van der Waals surface area contributed by atoms with Crippen molar-refractivity contribution >= 4 is 48.6 Å². The Hall–Kier alpha value is -5.44. The minimum atomic E-state index is -0.0913. The second kappa shape index (κ2) is 11.3. The van der Waals surface area contributed by atoms with E-state index >= 15 is 0 Å². The molecule has 0 aliphatic heterocycles. The first-order valence-electron chi connectivity index (χ1n) is 17.6. The molecule has 2 heteroatoms. The summed E-state index contributed by atoms with van der Waals surface area (Å²) in [5.74, 6) is 0. The summed E-state index contributed by atoms with van der Waals surface area (Å²) in [6, 6.07) is 56.8. The lowest BCUT2D eigenvalue weighted by molar-refractivity contribution is 0.660. The number of hydrogen-bond acceptors (Lipinski definition) is 2. The maximum Gasteiger partial charge on any atom is 0.0468 e. The standard InChI is InChI=1S/C48H37NS.CH4/c1-47(2)41-20-9-6-16-36(41)39-28-32(24-26-42(39)47)49(33-23-25-37-35-15-5-8-19-40(35)48(3,4)43(37)29-33)31-14-11-13-30(27-31)34-18-12-22-45-46(34)38-17-7-10-21-44(38)50-45;/h5-29H,1-4H3;1H4. The van der Waals surface area contributed by atoms with Gasteiger partial charge < -0.3 is 4.90 Å². The van der Waals surface area contributed by atoms with Crippen LogP contribution in [-0.2, 0) is 10.8 Å². The normalized spacial score (nSPS) is 14.4. The number of nitrogens with zero attached hydrogens (tertiary/aromatic N) is 1. The minimum Gasteiger partial charge on any atom is -0.310 e. The third-order valence-electron chi connectivity index (χ3n) is 11.5. The van der Waals surface area contributed by atoms with Crippen LogP contribution in [0.2, 0.25) is 0 Å². The van der Waals surface area contributed by atoms with E-state index in [2.05, 4.69) is 184 Å². The molecule has 51 heavy (non-hydrogen) atoms. The number of thiophene rings is 1. The van der Waals surface area contributed by atoms with Crippen molar-refractivity contribution in [2.75, 3.05) is 4.90 Å². The van der Waals surface area contributed by atoms with Crippen LogP contribution in [0.5, 0.6) is 0 Å². The molecule has 1 heterocycles. The molecule has 0 amide bonds. The molecule has 248 valence electrons. The molecule has 0 atom stereocenters. The van der Waals surface area contributed by atoms with E-state index in [4.69, 9.17) is 0 Å². The van der Waals surface area contributed by atoms with Gasteiger partial charge in [-0.1, -0.05) is 138 Å². The lowest BCUT2D eigenvalue weighted by atomic mass is 9.82. The van der Waals surface area contributed by atoms with Gasteiger partial charge in [0.25, 0.3) is 0 Å². The fourth-order valence-electron chi connectivity index (χ4n) is 8.95. The lowest BCUT2D eigenvalue weighted by Gasteiger charge is -2.29. The Balaban J connectivity index is 0.00000348. The van der Waals surface area contributed by atoms with Gasteiger partial charge in [0.15, 0.2) is 0 Å². The van der Waals surface area contributed by atoms with E-state index in [-0.39, 0.29) is 18.3 Å². The van der Waals surface area contributed by atoms with Gasteiger partial charge >= 0.3 is 0 Å². The molecule has 8 aromatic rings. The lowest BCUT2D eigenvalue weighted by Crippen LogP contribution is -2.17. The number of rotatable bonds is 4. The second-order valence-corrected chi connectivity index (χ2v) is 16.0. The summed E-state index contributed by atoms with van der Waals surface area (Å²) in [6.45, 7) is 9.44. The molecule has 0 radical (unpaired) electrons. The van der Waals surface area contributed by atoms with Crippen LogP contribution in [0.15, 0.2) is 152 Å². The molecule has 0 bridgehead atoms. The molecule has 0 fully saturated rings. The molecule has 0 spiro atoms. The average molecular weight is 676 g/mol. The van der Waals surface area contributed by atoms with Gasteiger partial charge in [0, 0.05) is 48.1 Å². The number of anilines is 3. The molecule has 0 saturated carbocycles. The van der Waals surface area contributed by atoms with Gasteiger partial charge in [-0.3, -0.25) is 0 Å². The van der Waals surface area contributed by atoms with Crippen molar-refractivity contribution in [3.05, 3.63) is 174 Å². The summed E-state index contributed by atoms with van der Waals surface area (Å²) in [5, 5.41) is 2.66. The highest BCUT2D eigenvalue weighted by Gasteiger charge is 2.37. The minimum absolute atomic E-state index is 0. The van der Waals surface area contributed by atoms with Gasteiger partial charge in [-0.15, -0.1) is 11.3 Å². The summed E-state index contributed by atoms with van der Waals surface area (Å²) >= 11 is 1.88. The summed E-state index contributed by atoms with van der Waals surface area (Å²) < 4.78 is 2.65. The van der Waals surface area contributed by atoms with Gasteiger partial charge in [-0.2, -0.15) is 0 Å². The highest BCUT2D eigenvalue weighted by Crippen LogP contribution is 2.53. The zero-order valence-corrected chi connectivity index (χ0v) is 29.6. The van der Waals surface area contributed by atoms with E-state index in [1.54, 1.807) is 0 Å². The molecule has 10 rings (SSSR count). The molecule has 2 aliphatic carbocycles. The Labute approximate surface area is 305 Å². The maximum absolute atomic E-state index is 2.48. The van der Waals surface area contributed by atoms with Gasteiger partial charge in [-0.05, 0) is 104 Å². The van der Waals surface area contributed by atoms with Crippen molar-refractivity contribution < 1.29 is 0 Å². The Morgan fingerprint density at radius 3 is 1.76 bits per heavy atom. The average Bonchev–Trinajstić information content (AvgIpc) is 3.72. The number of hydrogen-bond donors (Lipinski definition) is 0. The van der Waals surface area contributed by atoms with Crippen LogP contribution in [0.3, 0.4) is 0 Å². The molecule has 0 unspecified atom stereocenters. The zero-order valence-electron chi connectivity index (χ0n) is 28.8. The van der Waals surface area contributed by atoms with E-state index < -0.39 is 0 Å². The van der Waals surface area contributed by atoms with Crippen molar-refractivity contribution in [3.63, 3.8) is 0 Å². The second-order valence-electron chi connectivity index (χ2n) is 15.0. The van der Waals surface area contributed by atoms with Crippen molar-refractivity contribution in [2.24, 2.45) is 0 Å². The first kappa shape index (κ1) is 31.5. The number of benzene rings is 7. The maximum atomic E-state index is 2.48. The predicted octanol–water partition coefficient (Wildman–Crippen LogP) is 14.4. The van der Waals surface area contributed by atoms with Crippen LogP contribution in [0.25, 0.3) is 53.6 Å². The monoisotopic (exact) mass is 675 g/mol. The largest absolute Gasteiger partial charge is 0.310 e. The molecule has 7 aromatic carbocycles. The van der Waals surface area contributed by atoms with Crippen LogP contribution in [0.4, 0.5) is 17.1 Å². The van der Waals surface area contributed by atoms with E-state index in [1.165, 1.54) is 87.2 Å². The molecule has 1 nitrogen and oxygen atoms in total. The van der Waals surface area contributed by atoms with Gasteiger partial charge in [-0.25, -0.2) is 0 Å². The van der Waals surface area contributed by atoms with Gasteiger partial charge in [0.1, 0.15) is 0 Å². The predicted molar refractivity (Wildman–Crippen MR) is 221 cm³/mol. The van der Waals surface area contributed by atoms with Crippen molar-refractivity contribution in [3.8, 4) is 33.4 Å². The van der Waals surface area contributed by atoms with E-state index in [0.29, 0.717) is 0 Å². The summed E-state index contributed by atoms with van der Waals surface area (Å²) in [5.41, 5.74) is 16.8. The summed E-state index contributed by atoms with van der Waals surface area (Å²) in [6.07, 6.45) is 0. The zero-order chi connectivity index (χ0) is 33.8. The van der Waals surface area contributed by atoms with Gasteiger partial charge in [0.05, 0.1) is 0 Å². The molecular formula is C49H41NS. The Morgan fingerprint density at radius 1 is 0.412 bits per heavy atom. The fourth-order valence-corrected chi connectivity index (χ4v) is 10.1. The van der Waals surface area contributed by atoms with Crippen LogP contribution in [0.1, 0.15) is 57.4 Å². The first-order chi connectivity index (χ1) is 24.3. The van der Waals surface area contributed by atoms with Crippen molar-refractivity contribution in [2.45, 2.75) is 46.0 Å². The highest BCUT2D eigenvalue weighted by atomic mass is 32.1. The molecule has 2 aliphatic rings. The van der Waals surface area contributed by atoms with Crippen molar-refractivity contribution in [1.29, 1.82) is 0 Å². The Bertz CT molecular complexity index is 2670. The first-order valence-corrected chi connectivity index (χ1v) is 18.4. The molecule has 0 saturated heterocycles. The van der Waals surface area contributed by atoms with E-state index in [9.17, 15) is 0 Å². The van der Waals surface area contributed by atoms with E-state index in [1.807, 2.05) is 11.3 Å². The molecule has 1 aromatic heterocycles. The summed E-state index contributed by atoms with van der Waals surface area (Å²) in [7, 11) is 0. The summed E-state index contributed by atoms with van der Waals surface area (Å²) in [4.78, 5) is 2.48. The highest BCUT2D eigenvalue weighted by molar-refractivity contribution is 7.25. The van der Waals surface area contributed by atoms with Crippen LogP contribution < -0.4 is 4.90 Å². The van der Waals surface area contributed by atoms with Gasteiger partial charge in [0.2, 0.25) is 0 Å². The smallest absolute Gasteiger partial charge is 0.0468 e. The van der Waals surface area contributed by atoms with Crippen LogP contribution >= 0.6 is 11.3 Å². The third-order valence-corrected chi connectivity index (χ3v) is 12.6. The Morgan fingerprint density at radius 2 is 0.961 bits per heavy atom. The SMILES string of the molecule is C.CC1(C)c2ccccc2-c2cc(N(c3cccc(-c4cccc5sc6ccccc6c45)c3)c3ccc4c(c3)C(C)(C)c3ccccc3-4)ccc21. The van der Waals surface area contributed by atoms with E-state index in [0.717, 1.165) is 5.69 Å². The van der Waals surface area contributed by atoms with Crippen molar-refractivity contribution in [1.82, 2.24) is 0 Å². The third kappa shape index (κ3) is 4.52. The van der Waals surface area contributed by atoms with Crippen LogP contribution in [-0.4, -0.2) is 0 Å². The molecular weight excluding hydrogens is 635 g/mol. The Kier molecular flexibility index (Phi) is 6.98. The quantitative estimate of drug-likeness (QED) is 0.179. The van der Waals surface area contributed by atoms with Crippen LogP contribution in [0, 0.1) is 0 Å².